The summed E-state index contributed by atoms with van der Waals surface area (Å²) in [5.74, 6) is 2.35. The molecule has 0 radical (unpaired) electrons. The lowest BCUT2D eigenvalue weighted by molar-refractivity contribution is 0.436. The molecule has 4 nitrogen and oxygen atoms in total. The Kier molecular flexibility index (Phi) is 6.73. The number of fused-ring (bicyclic) bond motifs is 10. The lowest BCUT2D eigenvalue weighted by Gasteiger charge is -2.39. The van der Waals surface area contributed by atoms with Gasteiger partial charge in [-0.15, -0.1) is 0 Å². The van der Waals surface area contributed by atoms with E-state index in [4.69, 9.17) is 19.7 Å². The van der Waals surface area contributed by atoms with E-state index in [1.807, 2.05) is 48.7 Å². The van der Waals surface area contributed by atoms with Crippen LogP contribution in [0.1, 0.15) is 22.3 Å². The number of benzene rings is 7. The minimum Gasteiger partial charge on any atom is -0.457 e. The molecule has 7 aromatic carbocycles. The van der Waals surface area contributed by atoms with E-state index in [9.17, 15) is 0 Å². The van der Waals surface area contributed by atoms with E-state index in [0.717, 1.165) is 72.7 Å². The van der Waals surface area contributed by atoms with Gasteiger partial charge in [0.15, 0.2) is 5.82 Å². The van der Waals surface area contributed by atoms with Gasteiger partial charge in [0, 0.05) is 45.0 Å². The molecule has 2 aliphatic rings. The number of pyridine rings is 1. The molecule has 9 aromatic rings. The summed E-state index contributed by atoms with van der Waals surface area (Å²) in [6, 6.07) is 64.0. The van der Waals surface area contributed by atoms with Crippen LogP contribution in [0.5, 0.6) is 11.5 Å². The van der Waals surface area contributed by atoms with Crippen LogP contribution in [0, 0.1) is 0 Å². The zero-order valence-electron chi connectivity index (χ0n) is 29.1. The number of rotatable bonds is 4. The van der Waals surface area contributed by atoms with Gasteiger partial charge in [0.2, 0.25) is 0 Å². The molecular weight excluding hydrogens is 659 g/mol. The van der Waals surface area contributed by atoms with Gasteiger partial charge in [-0.05, 0) is 64.2 Å². The van der Waals surface area contributed by atoms with Crippen LogP contribution < -0.4 is 4.74 Å². The SMILES string of the molecule is c1ccc(-c2cc(-c3ccc4c(c3)C3(c5ccc(-c6cccc7cccnc67)cc5O4)c4ccccc4-c4ccccc43)nc(-c3ccccc3)n2)cc1. The maximum absolute atomic E-state index is 6.99. The smallest absolute Gasteiger partial charge is 0.160 e. The minimum absolute atomic E-state index is 0.626. The largest absolute Gasteiger partial charge is 0.457 e. The van der Waals surface area contributed by atoms with Gasteiger partial charge in [-0.3, -0.25) is 4.98 Å². The van der Waals surface area contributed by atoms with Crippen molar-refractivity contribution in [3.8, 4) is 67.7 Å². The van der Waals surface area contributed by atoms with Crippen molar-refractivity contribution >= 4 is 10.9 Å². The second-order valence-electron chi connectivity index (χ2n) is 13.9. The first-order valence-electron chi connectivity index (χ1n) is 18.3. The summed E-state index contributed by atoms with van der Waals surface area (Å²) < 4.78 is 6.99. The fourth-order valence-corrected chi connectivity index (χ4v) is 8.64. The summed E-state index contributed by atoms with van der Waals surface area (Å²) in [5, 5.41) is 1.11. The Balaban J connectivity index is 1.16. The van der Waals surface area contributed by atoms with Crippen molar-refractivity contribution in [2.75, 3.05) is 0 Å². The predicted octanol–water partition coefficient (Wildman–Crippen LogP) is 12.2. The zero-order valence-corrected chi connectivity index (χ0v) is 29.1. The highest BCUT2D eigenvalue weighted by atomic mass is 16.5. The van der Waals surface area contributed by atoms with Gasteiger partial charge in [-0.1, -0.05) is 146 Å². The highest BCUT2D eigenvalue weighted by molar-refractivity contribution is 5.95. The van der Waals surface area contributed by atoms with Crippen molar-refractivity contribution < 1.29 is 4.74 Å². The van der Waals surface area contributed by atoms with E-state index < -0.39 is 5.41 Å². The summed E-state index contributed by atoms with van der Waals surface area (Å²) >= 11 is 0. The van der Waals surface area contributed by atoms with Gasteiger partial charge < -0.3 is 4.74 Å². The highest BCUT2D eigenvalue weighted by Gasteiger charge is 2.51. The van der Waals surface area contributed by atoms with Crippen LogP contribution in [0.3, 0.4) is 0 Å². The topological polar surface area (TPSA) is 47.9 Å². The quantitative estimate of drug-likeness (QED) is 0.185. The first-order chi connectivity index (χ1) is 26.8. The minimum atomic E-state index is -0.626. The molecule has 0 saturated heterocycles. The molecule has 0 bridgehead atoms. The summed E-state index contributed by atoms with van der Waals surface area (Å²) in [4.78, 5) is 15.0. The standard InChI is InChI=1S/C50H31N3O/c1-3-13-32(14-4-1)44-31-45(53-49(52-44)34-15-5-2-6-16-34)36-25-27-46-43(29-36)50(40-22-9-7-19-38(40)39-20-8-10-23-41(39)50)42-26-24-35(30-47(42)54-46)37-21-11-17-33-18-12-28-51-48(33)37/h1-31H. The maximum atomic E-state index is 6.99. The van der Waals surface area contributed by atoms with E-state index in [-0.39, 0.29) is 0 Å². The van der Waals surface area contributed by atoms with Crippen LogP contribution in [0.2, 0.25) is 0 Å². The van der Waals surface area contributed by atoms with Gasteiger partial charge in [0.05, 0.1) is 22.3 Å². The Labute approximate surface area is 313 Å². The second-order valence-corrected chi connectivity index (χ2v) is 13.9. The summed E-state index contributed by atoms with van der Waals surface area (Å²) in [6.07, 6.45) is 1.86. The van der Waals surface area contributed by atoms with Gasteiger partial charge in [0.25, 0.3) is 0 Å². The number of para-hydroxylation sites is 1. The Hall–Kier alpha value is -7.17. The van der Waals surface area contributed by atoms with Crippen molar-refractivity contribution in [3.05, 3.63) is 210 Å². The molecule has 0 N–H and O–H groups in total. The predicted molar refractivity (Wildman–Crippen MR) is 216 cm³/mol. The highest BCUT2D eigenvalue weighted by Crippen LogP contribution is 2.62. The maximum Gasteiger partial charge on any atom is 0.160 e. The zero-order chi connectivity index (χ0) is 35.6. The Bertz CT molecular complexity index is 2810. The van der Waals surface area contributed by atoms with Crippen molar-refractivity contribution in [1.29, 1.82) is 0 Å². The molecule has 252 valence electrons. The average Bonchev–Trinajstić information content (AvgIpc) is 3.54. The summed E-state index contributed by atoms with van der Waals surface area (Å²) in [6.45, 7) is 0. The number of hydrogen-bond donors (Lipinski definition) is 0. The number of aromatic nitrogens is 3. The van der Waals surface area contributed by atoms with Gasteiger partial charge in [0.1, 0.15) is 11.5 Å². The summed E-state index contributed by atoms with van der Waals surface area (Å²) in [5.41, 5.74) is 14.4. The molecule has 0 fully saturated rings. The Morgan fingerprint density at radius 3 is 1.78 bits per heavy atom. The van der Waals surface area contributed by atoms with Crippen LogP contribution in [-0.4, -0.2) is 15.0 Å². The van der Waals surface area contributed by atoms with Crippen LogP contribution in [0.15, 0.2) is 188 Å². The molecule has 0 amide bonds. The van der Waals surface area contributed by atoms with E-state index in [1.54, 1.807) is 0 Å². The van der Waals surface area contributed by atoms with Crippen molar-refractivity contribution in [2.24, 2.45) is 0 Å². The third-order valence-corrected chi connectivity index (χ3v) is 11.0. The number of ether oxygens (including phenoxy) is 1. The molecule has 11 rings (SSSR count). The van der Waals surface area contributed by atoms with E-state index in [2.05, 4.69) is 140 Å². The van der Waals surface area contributed by atoms with Crippen LogP contribution in [0.4, 0.5) is 0 Å². The van der Waals surface area contributed by atoms with Gasteiger partial charge >= 0.3 is 0 Å². The molecule has 0 atom stereocenters. The molecule has 4 heteroatoms. The van der Waals surface area contributed by atoms with Crippen molar-refractivity contribution in [2.45, 2.75) is 5.41 Å². The van der Waals surface area contributed by atoms with E-state index >= 15 is 0 Å². The molecule has 0 saturated carbocycles. The third-order valence-electron chi connectivity index (χ3n) is 11.0. The van der Waals surface area contributed by atoms with Crippen LogP contribution in [-0.2, 0) is 5.41 Å². The number of nitrogens with zero attached hydrogens (tertiary/aromatic N) is 3. The average molecular weight is 690 g/mol. The normalized spacial score (nSPS) is 13.1. The molecular formula is C50H31N3O. The summed E-state index contributed by atoms with van der Waals surface area (Å²) in [7, 11) is 0. The third kappa shape index (κ3) is 4.53. The van der Waals surface area contributed by atoms with Gasteiger partial charge in [-0.25, -0.2) is 9.97 Å². The van der Waals surface area contributed by atoms with Crippen molar-refractivity contribution in [1.82, 2.24) is 15.0 Å². The molecule has 1 spiro atoms. The Morgan fingerprint density at radius 2 is 1.02 bits per heavy atom. The number of hydrogen-bond acceptors (Lipinski definition) is 4. The first-order valence-corrected chi connectivity index (χ1v) is 18.3. The monoisotopic (exact) mass is 689 g/mol. The van der Waals surface area contributed by atoms with Crippen LogP contribution in [0.25, 0.3) is 67.1 Å². The Morgan fingerprint density at radius 1 is 0.389 bits per heavy atom. The van der Waals surface area contributed by atoms with Crippen LogP contribution >= 0.6 is 0 Å². The van der Waals surface area contributed by atoms with E-state index in [1.165, 1.54) is 22.3 Å². The molecule has 54 heavy (non-hydrogen) atoms. The molecule has 2 aromatic heterocycles. The fraction of sp³-hybridized carbons (Fsp3) is 0.0200. The molecule has 3 heterocycles. The molecule has 0 unspecified atom stereocenters. The first kappa shape index (κ1) is 30.5. The van der Waals surface area contributed by atoms with E-state index in [0.29, 0.717) is 5.82 Å². The lowest BCUT2D eigenvalue weighted by Crippen LogP contribution is -2.32. The molecule has 1 aliphatic heterocycles. The van der Waals surface area contributed by atoms with Gasteiger partial charge in [-0.2, -0.15) is 0 Å². The fourth-order valence-electron chi connectivity index (χ4n) is 8.64. The van der Waals surface area contributed by atoms with Crippen molar-refractivity contribution in [3.63, 3.8) is 0 Å². The lowest BCUT2D eigenvalue weighted by atomic mass is 9.65. The second kappa shape index (κ2) is 11.9. The molecule has 1 aliphatic carbocycles.